The number of ether oxygens (including phenoxy) is 3. The van der Waals surface area contributed by atoms with E-state index >= 15 is 0 Å². The van der Waals surface area contributed by atoms with Crippen molar-refractivity contribution in [2.75, 3.05) is 46.6 Å². The van der Waals surface area contributed by atoms with Crippen LogP contribution in [-0.4, -0.2) is 58.4 Å². The van der Waals surface area contributed by atoms with Gasteiger partial charge in [-0.25, -0.2) is 4.79 Å². The highest BCUT2D eigenvalue weighted by Gasteiger charge is 2.16. The molecule has 116 valence electrons. The van der Waals surface area contributed by atoms with Gasteiger partial charge in [-0.1, -0.05) is 30.3 Å². The summed E-state index contributed by atoms with van der Waals surface area (Å²) in [6.45, 7) is 2.61. The normalized spacial score (nSPS) is 10.3. The summed E-state index contributed by atoms with van der Waals surface area (Å²) in [5, 5.41) is 2.96. The van der Waals surface area contributed by atoms with Crippen molar-refractivity contribution in [1.82, 2.24) is 5.32 Å². The van der Waals surface area contributed by atoms with Crippen LogP contribution in [0.1, 0.15) is 10.4 Å². The maximum atomic E-state index is 11.7. The lowest BCUT2D eigenvalue weighted by Crippen LogP contribution is -2.20. The van der Waals surface area contributed by atoms with Crippen molar-refractivity contribution < 1.29 is 23.8 Å². The van der Waals surface area contributed by atoms with Crippen LogP contribution in [0.5, 0.6) is 0 Å². The molecule has 0 heterocycles. The Bertz CT molecular complexity index is 421. The summed E-state index contributed by atoms with van der Waals surface area (Å²) in [6.07, 6.45) is 0. The Balaban J connectivity index is 2.05. The number of hydrogen-bond donors (Lipinski definition) is 1. The van der Waals surface area contributed by atoms with Crippen LogP contribution in [0.15, 0.2) is 30.3 Å². The van der Waals surface area contributed by atoms with Crippen molar-refractivity contribution in [1.29, 1.82) is 0 Å². The lowest BCUT2D eigenvalue weighted by atomic mass is 10.1. The lowest BCUT2D eigenvalue weighted by Gasteiger charge is -2.06. The van der Waals surface area contributed by atoms with E-state index in [0.29, 0.717) is 25.4 Å². The first-order chi connectivity index (χ1) is 10.3. The average molecular weight is 295 g/mol. The summed E-state index contributed by atoms with van der Waals surface area (Å²) in [7, 11) is 1.85. The number of carbonyl (C=O) groups excluding carboxylic acids is 2. The maximum Gasteiger partial charge on any atom is 0.379 e. The largest absolute Gasteiger partial charge is 0.457 e. The van der Waals surface area contributed by atoms with Gasteiger partial charge in [0, 0.05) is 12.1 Å². The zero-order chi connectivity index (χ0) is 15.3. The molecular formula is C15H21NO5. The highest BCUT2D eigenvalue weighted by molar-refractivity contribution is 6.40. The topological polar surface area (TPSA) is 73.9 Å². The molecule has 0 aliphatic carbocycles. The summed E-state index contributed by atoms with van der Waals surface area (Å²) in [4.78, 5) is 23.2. The minimum Gasteiger partial charge on any atom is -0.457 e. The van der Waals surface area contributed by atoms with Crippen LogP contribution in [0.2, 0.25) is 0 Å². The Kier molecular flexibility index (Phi) is 9.03. The minimum absolute atomic E-state index is 0.0495. The van der Waals surface area contributed by atoms with Gasteiger partial charge in [-0.15, -0.1) is 0 Å². The van der Waals surface area contributed by atoms with Gasteiger partial charge in [-0.05, 0) is 7.05 Å². The second kappa shape index (κ2) is 11.0. The molecule has 1 N–H and O–H groups in total. The van der Waals surface area contributed by atoms with Gasteiger partial charge in [0.05, 0.1) is 26.4 Å². The van der Waals surface area contributed by atoms with Crippen molar-refractivity contribution in [3.8, 4) is 0 Å². The molecule has 0 aliphatic rings. The molecular weight excluding hydrogens is 274 g/mol. The van der Waals surface area contributed by atoms with Crippen LogP contribution in [0, 0.1) is 0 Å². The smallest absolute Gasteiger partial charge is 0.379 e. The number of rotatable bonds is 11. The minimum atomic E-state index is -0.866. The van der Waals surface area contributed by atoms with Crippen molar-refractivity contribution in [2.24, 2.45) is 0 Å². The molecule has 1 aromatic carbocycles. The third-order valence-electron chi connectivity index (χ3n) is 2.55. The van der Waals surface area contributed by atoms with Crippen molar-refractivity contribution >= 4 is 11.8 Å². The fourth-order valence-corrected chi connectivity index (χ4v) is 1.46. The first-order valence-corrected chi connectivity index (χ1v) is 6.82. The molecule has 6 nitrogen and oxygen atoms in total. The SMILES string of the molecule is CNCCOCCOCCOC(=O)C(=O)c1ccccc1. The number of nitrogens with one attached hydrogen (secondary N) is 1. The number of likely N-dealkylation sites (N-methyl/N-ethyl adjacent to an activating group) is 1. The van der Waals surface area contributed by atoms with Gasteiger partial charge in [-0.3, -0.25) is 4.79 Å². The van der Waals surface area contributed by atoms with E-state index < -0.39 is 11.8 Å². The molecule has 21 heavy (non-hydrogen) atoms. The van der Waals surface area contributed by atoms with Crippen LogP contribution >= 0.6 is 0 Å². The fourth-order valence-electron chi connectivity index (χ4n) is 1.46. The number of esters is 1. The number of carbonyl (C=O) groups is 2. The Labute approximate surface area is 124 Å². The van der Waals surface area contributed by atoms with E-state index in [1.165, 1.54) is 0 Å². The van der Waals surface area contributed by atoms with Crippen LogP contribution in [0.4, 0.5) is 0 Å². The number of ketones is 1. The Morgan fingerprint density at radius 2 is 1.57 bits per heavy atom. The number of Topliss-reactive ketones (excluding diaryl/α,β-unsaturated/α-hetero) is 1. The second-order valence-electron chi connectivity index (χ2n) is 4.16. The molecule has 0 saturated heterocycles. The van der Waals surface area contributed by atoms with Gasteiger partial charge >= 0.3 is 5.97 Å². The van der Waals surface area contributed by atoms with Crippen molar-refractivity contribution in [3.05, 3.63) is 35.9 Å². The Morgan fingerprint density at radius 3 is 2.24 bits per heavy atom. The van der Waals surface area contributed by atoms with E-state index in [-0.39, 0.29) is 13.2 Å². The predicted octanol–water partition coefficient (Wildman–Crippen LogP) is 0.665. The van der Waals surface area contributed by atoms with Gasteiger partial charge in [-0.2, -0.15) is 0 Å². The first kappa shape index (κ1) is 17.3. The molecule has 1 aromatic rings. The highest BCUT2D eigenvalue weighted by Crippen LogP contribution is 2.01. The predicted molar refractivity (Wildman–Crippen MR) is 77.3 cm³/mol. The van der Waals surface area contributed by atoms with E-state index in [1.807, 2.05) is 7.05 Å². The summed E-state index contributed by atoms with van der Waals surface area (Å²) in [5.74, 6) is -1.51. The van der Waals surface area contributed by atoms with Crippen LogP contribution in [0.25, 0.3) is 0 Å². The quantitative estimate of drug-likeness (QED) is 0.280. The average Bonchev–Trinajstić information content (AvgIpc) is 2.53. The van der Waals surface area contributed by atoms with E-state index in [1.54, 1.807) is 30.3 Å². The fraction of sp³-hybridized carbons (Fsp3) is 0.467. The van der Waals surface area contributed by atoms with Gasteiger partial charge in [0.25, 0.3) is 5.78 Å². The molecule has 0 spiro atoms. The molecule has 0 radical (unpaired) electrons. The van der Waals surface area contributed by atoms with Crippen molar-refractivity contribution in [2.45, 2.75) is 0 Å². The summed E-state index contributed by atoms with van der Waals surface area (Å²) < 4.78 is 15.3. The van der Waals surface area contributed by atoms with E-state index in [4.69, 9.17) is 14.2 Å². The van der Waals surface area contributed by atoms with Gasteiger partial charge in [0.2, 0.25) is 0 Å². The molecule has 1 rings (SSSR count). The van der Waals surface area contributed by atoms with E-state index in [0.717, 1.165) is 6.54 Å². The van der Waals surface area contributed by atoms with Crippen LogP contribution in [-0.2, 0) is 19.0 Å². The third-order valence-corrected chi connectivity index (χ3v) is 2.55. The lowest BCUT2D eigenvalue weighted by molar-refractivity contribution is -0.139. The molecule has 0 saturated carbocycles. The van der Waals surface area contributed by atoms with Gasteiger partial charge in [0.15, 0.2) is 0 Å². The third kappa shape index (κ3) is 7.55. The van der Waals surface area contributed by atoms with E-state index in [2.05, 4.69) is 5.32 Å². The first-order valence-electron chi connectivity index (χ1n) is 6.82. The zero-order valence-electron chi connectivity index (χ0n) is 12.2. The molecule has 0 bridgehead atoms. The Hall–Kier alpha value is -1.76. The number of hydrogen-bond acceptors (Lipinski definition) is 6. The summed E-state index contributed by atoms with van der Waals surface area (Å²) >= 11 is 0. The Morgan fingerprint density at radius 1 is 0.952 bits per heavy atom. The van der Waals surface area contributed by atoms with Gasteiger partial charge < -0.3 is 19.5 Å². The summed E-state index contributed by atoms with van der Waals surface area (Å²) in [6, 6.07) is 8.30. The molecule has 0 fully saturated rings. The molecule has 0 amide bonds. The molecule has 0 aromatic heterocycles. The highest BCUT2D eigenvalue weighted by atomic mass is 16.6. The number of benzene rings is 1. The monoisotopic (exact) mass is 295 g/mol. The van der Waals surface area contributed by atoms with Crippen LogP contribution in [0.3, 0.4) is 0 Å². The van der Waals surface area contributed by atoms with E-state index in [9.17, 15) is 9.59 Å². The second-order valence-corrected chi connectivity index (χ2v) is 4.16. The van der Waals surface area contributed by atoms with Crippen molar-refractivity contribution in [3.63, 3.8) is 0 Å². The summed E-state index contributed by atoms with van der Waals surface area (Å²) in [5.41, 5.74) is 0.321. The zero-order valence-corrected chi connectivity index (χ0v) is 12.2. The standard InChI is InChI=1S/C15H21NO5/c1-16-7-8-19-9-10-20-11-12-21-15(18)14(17)13-5-3-2-4-6-13/h2-6,16H,7-12H2,1H3. The van der Waals surface area contributed by atoms with Gasteiger partial charge in [0.1, 0.15) is 6.61 Å². The molecule has 6 heteroatoms. The molecule has 0 atom stereocenters. The molecule has 0 aliphatic heterocycles. The molecule has 0 unspecified atom stereocenters. The van der Waals surface area contributed by atoms with Crippen LogP contribution < -0.4 is 5.32 Å². The maximum absolute atomic E-state index is 11.7.